The molecule has 1 spiro atoms. The number of hydrogen-bond acceptors (Lipinski definition) is 6. The number of carbonyl (C=O) groups excluding carboxylic acids is 1. The number of nitrogens with zero attached hydrogens (tertiary/aromatic N) is 4. The Balaban J connectivity index is 1.31. The first-order valence-corrected chi connectivity index (χ1v) is 11.7. The van der Waals surface area contributed by atoms with Crippen molar-refractivity contribution >= 4 is 5.91 Å². The summed E-state index contributed by atoms with van der Waals surface area (Å²) in [6, 6.07) is 0.616. The second kappa shape index (κ2) is 8.97. The lowest BCUT2D eigenvalue weighted by Crippen LogP contribution is -2.57. The maximum atomic E-state index is 13.0. The third-order valence-electron chi connectivity index (χ3n) is 7.22. The van der Waals surface area contributed by atoms with E-state index in [0.29, 0.717) is 23.1 Å². The molecule has 0 saturated carbocycles. The van der Waals surface area contributed by atoms with Crippen LogP contribution in [0, 0.1) is 19.8 Å². The molecule has 1 amide bonds. The molecular weight excluding hydrogens is 380 g/mol. The van der Waals surface area contributed by atoms with E-state index in [1.54, 1.807) is 0 Å². The van der Waals surface area contributed by atoms with Crippen LogP contribution in [0.4, 0.5) is 0 Å². The number of hydrogen-bond donors (Lipinski definition) is 0. The Bertz CT molecular complexity index is 711. The molecule has 3 fully saturated rings. The molecule has 0 aliphatic carbocycles. The molecule has 3 aliphatic rings. The lowest BCUT2D eigenvalue weighted by molar-refractivity contribution is -0.132. The van der Waals surface area contributed by atoms with Crippen molar-refractivity contribution < 1.29 is 14.1 Å². The molecule has 1 aromatic rings. The van der Waals surface area contributed by atoms with Crippen molar-refractivity contribution in [1.82, 2.24) is 19.9 Å². The molecule has 0 N–H and O–H groups in total. The summed E-state index contributed by atoms with van der Waals surface area (Å²) in [5.41, 5.74) is 1.25. The molecule has 0 unspecified atom stereocenters. The van der Waals surface area contributed by atoms with E-state index in [1.165, 1.54) is 32.7 Å². The Morgan fingerprint density at radius 2 is 1.83 bits per heavy atom. The second-order valence-corrected chi connectivity index (χ2v) is 9.90. The van der Waals surface area contributed by atoms with Gasteiger partial charge in [0.05, 0.1) is 11.3 Å². The van der Waals surface area contributed by atoms with E-state index >= 15 is 0 Å². The van der Waals surface area contributed by atoms with Crippen molar-refractivity contribution in [2.24, 2.45) is 5.92 Å². The smallest absolute Gasteiger partial charge is 0.259 e. The van der Waals surface area contributed by atoms with Gasteiger partial charge in [-0.05, 0) is 45.4 Å². The Labute approximate surface area is 180 Å². The molecule has 30 heavy (non-hydrogen) atoms. The van der Waals surface area contributed by atoms with E-state index in [4.69, 9.17) is 9.26 Å². The fraction of sp³-hybridized carbons (Fsp3) is 0.826. The summed E-state index contributed by atoms with van der Waals surface area (Å²) in [6.07, 6.45) is 4.08. The summed E-state index contributed by atoms with van der Waals surface area (Å²) in [4.78, 5) is 20.2. The van der Waals surface area contributed by atoms with Crippen LogP contribution < -0.4 is 0 Å². The van der Waals surface area contributed by atoms with Crippen molar-refractivity contribution in [1.29, 1.82) is 0 Å². The van der Waals surface area contributed by atoms with Crippen molar-refractivity contribution in [3.8, 4) is 0 Å². The maximum Gasteiger partial charge on any atom is 0.259 e. The van der Waals surface area contributed by atoms with Gasteiger partial charge in [-0.15, -0.1) is 0 Å². The van der Waals surface area contributed by atoms with E-state index in [-0.39, 0.29) is 11.5 Å². The molecule has 7 heteroatoms. The largest absolute Gasteiger partial charge is 0.375 e. The highest BCUT2D eigenvalue weighted by Crippen LogP contribution is 2.37. The first kappa shape index (κ1) is 21.8. The molecule has 0 aromatic carbocycles. The van der Waals surface area contributed by atoms with Gasteiger partial charge < -0.3 is 19.1 Å². The highest BCUT2D eigenvalue weighted by molar-refractivity contribution is 5.96. The Morgan fingerprint density at radius 3 is 2.43 bits per heavy atom. The molecule has 3 aliphatic heterocycles. The van der Waals surface area contributed by atoms with Crippen LogP contribution in [0.15, 0.2) is 4.52 Å². The topological polar surface area (TPSA) is 62.1 Å². The fourth-order valence-corrected chi connectivity index (χ4v) is 5.55. The van der Waals surface area contributed by atoms with Crippen LogP contribution in [0.25, 0.3) is 0 Å². The van der Waals surface area contributed by atoms with Gasteiger partial charge in [-0.2, -0.15) is 0 Å². The monoisotopic (exact) mass is 418 g/mol. The van der Waals surface area contributed by atoms with Gasteiger partial charge in [0.2, 0.25) is 0 Å². The van der Waals surface area contributed by atoms with Crippen molar-refractivity contribution in [3.63, 3.8) is 0 Å². The predicted molar refractivity (Wildman–Crippen MR) is 116 cm³/mol. The number of aryl methyl sites for hydroxylation is 2. The molecule has 1 atom stereocenters. The molecule has 0 bridgehead atoms. The summed E-state index contributed by atoms with van der Waals surface area (Å²) in [7, 11) is 0. The zero-order chi connectivity index (χ0) is 21.3. The summed E-state index contributed by atoms with van der Waals surface area (Å²) < 4.78 is 11.6. The number of rotatable bonds is 4. The minimum Gasteiger partial charge on any atom is -0.375 e. The quantitative estimate of drug-likeness (QED) is 0.749. The molecule has 1 aromatic heterocycles. The number of amides is 1. The summed E-state index contributed by atoms with van der Waals surface area (Å²) in [6.45, 7) is 16.5. The van der Waals surface area contributed by atoms with E-state index < -0.39 is 0 Å². The van der Waals surface area contributed by atoms with Crippen LogP contribution in [-0.2, 0) is 4.74 Å². The number of ether oxygens (including phenoxy) is 1. The van der Waals surface area contributed by atoms with Crippen LogP contribution >= 0.6 is 0 Å². The van der Waals surface area contributed by atoms with E-state index in [0.717, 1.165) is 51.3 Å². The zero-order valence-corrected chi connectivity index (χ0v) is 19.2. The van der Waals surface area contributed by atoms with Gasteiger partial charge >= 0.3 is 0 Å². The van der Waals surface area contributed by atoms with Crippen LogP contribution in [0.3, 0.4) is 0 Å². The lowest BCUT2D eigenvalue weighted by atomic mass is 9.81. The zero-order valence-electron chi connectivity index (χ0n) is 19.2. The highest BCUT2D eigenvalue weighted by atomic mass is 16.5. The third-order valence-corrected chi connectivity index (χ3v) is 7.22. The molecule has 4 rings (SSSR count). The molecule has 7 nitrogen and oxygen atoms in total. The summed E-state index contributed by atoms with van der Waals surface area (Å²) in [5, 5.41) is 3.94. The summed E-state index contributed by atoms with van der Waals surface area (Å²) in [5.74, 6) is 1.40. The molecule has 0 radical (unpaired) electrons. The minimum absolute atomic E-state index is 0.0507. The number of piperidine rings is 1. The van der Waals surface area contributed by atoms with Gasteiger partial charge in [0.1, 0.15) is 11.3 Å². The highest BCUT2D eigenvalue weighted by Gasteiger charge is 2.43. The van der Waals surface area contributed by atoms with Crippen molar-refractivity contribution in [2.45, 2.75) is 65.0 Å². The molecular formula is C23H38N4O3. The van der Waals surface area contributed by atoms with Gasteiger partial charge in [0.25, 0.3) is 5.91 Å². The van der Waals surface area contributed by atoms with E-state index in [2.05, 4.69) is 28.8 Å². The van der Waals surface area contributed by atoms with Gasteiger partial charge in [-0.25, -0.2) is 0 Å². The van der Waals surface area contributed by atoms with Crippen LogP contribution in [0.1, 0.15) is 61.3 Å². The standard InChI is InChI=1S/C23H38N4O3/c1-17(2)16-25-10-12-26(13-11-25)20-5-14-29-23(15-20)6-8-27(9-7-23)22(28)21-18(3)24-30-19(21)4/h17,20H,5-16H2,1-4H3/t20-/m0/s1. The summed E-state index contributed by atoms with van der Waals surface area (Å²) >= 11 is 0. The maximum absolute atomic E-state index is 13.0. The third kappa shape index (κ3) is 4.58. The van der Waals surface area contributed by atoms with E-state index in [9.17, 15) is 4.79 Å². The molecule has 168 valence electrons. The first-order valence-electron chi connectivity index (χ1n) is 11.7. The van der Waals surface area contributed by atoms with E-state index in [1.807, 2.05) is 18.7 Å². The Kier molecular flexibility index (Phi) is 6.51. The number of piperazine rings is 1. The normalized spacial score (nSPS) is 25.9. The van der Waals surface area contributed by atoms with Gasteiger partial charge in [-0.1, -0.05) is 19.0 Å². The van der Waals surface area contributed by atoms with Gasteiger partial charge in [0.15, 0.2) is 0 Å². The fourth-order valence-electron chi connectivity index (χ4n) is 5.55. The van der Waals surface area contributed by atoms with Gasteiger partial charge in [0, 0.05) is 58.5 Å². The van der Waals surface area contributed by atoms with Crippen LogP contribution in [0.5, 0.6) is 0 Å². The molecule has 4 heterocycles. The SMILES string of the molecule is Cc1noc(C)c1C(=O)N1CCC2(CC1)C[C@@H](N1CCN(CC(C)C)CC1)CCO2. The number of carbonyl (C=O) groups is 1. The predicted octanol–water partition coefficient (Wildman–Crippen LogP) is 2.72. The average Bonchev–Trinajstić information content (AvgIpc) is 3.06. The van der Waals surface area contributed by atoms with Crippen molar-refractivity contribution in [3.05, 3.63) is 17.0 Å². The van der Waals surface area contributed by atoms with Crippen LogP contribution in [-0.4, -0.2) is 89.8 Å². The Hall–Kier alpha value is -1.44. The molecule has 3 saturated heterocycles. The van der Waals surface area contributed by atoms with Crippen molar-refractivity contribution in [2.75, 3.05) is 52.4 Å². The average molecular weight is 419 g/mol. The Morgan fingerprint density at radius 1 is 1.13 bits per heavy atom. The number of aromatic nitrogens is 1. The van der Waals surface area contributed by atoms with Crippen LogP contribution in [0.2, 0.25) is 0 Å². The van der Waals surface area contributed by atoms with Gasteiger partial charge in [-0.3, -0.25) is 9.69 Å². The second-order valence-electron chi connectivity index (χ2n) is 9.90. The minimum atomic E-state index is -0.0620. The number of likely N-dealkylation sites (tertiary alicyclic amines) is 1. The first-order chi connectivity index (χ1) is 14.4. The lowest BCUT2D eigenvalue weighted by Gasteiger charge is -2.49.